The fraction of sp³-hybridized carbons (Fsp3) is 0. The maximum absolute atomic E-state index is 11.4. The average molecular weight is 242 g/mol. The molecule has 0 aliphatic carbocycles. The summed E-state index contributed by atoms with van der Waals surface area (Å²) in [5.41, 5.74) is 0.0535. The van der Waals surface area contributed by atoms with E-state index >= 15 is 0 Å². The van der Waals surface area contributed by atoms with Crippen molar-refractivity contribution in [1.29, 1.82) is 0 Å². The van der Waals surface area contributed by atoms with Crippen molar-refractivity contribution in [1.82, 2.24) is 15.0 Å². The number of rotatable bonds is 1. The molecule has 2 aromatic rings. The van der Waals surface area contributed by atoms with Gasteiger partial charge in [0.25, 0.3) is 5.56 Å². The molecule has 0 unspecified atom stereocenters. The van der Waals surface area contributed by atoms with Crippen LogP contribution in [0.3, 0.4) is 0 Å². The van der Waals surface area contributed by atoms with E-state index < -0.39 is 0 Å². The molecule has 0 amide bonds. The van der Waals surface area contributed by atoms with Crippen LogP contribution in [0.4, 0.5) is 0 Å². The van der Waals surface area contributed by atoms with Crippen molar-refractivity contribution in [3.63, 3.8) is 0 Å². The highest BCUT2D eigenvalue weighted by Gasteiger charge is 2.07. The van der Waals surface area contributed by atoms with Crippen LogP contribution < -0.4 is 5.56 Å². The van der Waals surface area contributed by atoms with Gasteiger partial charge in [-0.3, -0.25) is 4.79 Å². The number of hydrogen-bond acceptors (Lipinski definition) is 3. The summed E-state index contributed by atoms with van der Waals surface area (Å²) >= 11 is 11.4. The van der Waals surface area contributed by atoms with E-state index in [2.05, 4.69) is 15.0 Å². The summed E-state index contributed by atoms with van der Waals surface area (Å²) in [6.07, 6.45) is 1.53. The van der Waals surface area contributed by atoms with Gasteiger partial charge in [0, 0.05) is 12.3 Å². The van der Waals surface area contributed by atoms with Crippen molar-refractivity contribution in [2.24, 2.45) is 0 Å². The lowest BCUT2D eigenvalue weighted by molar-refractivity contribution is 1.14. The van der Waals surface area contributed by atoms with Crippen molar-refractivity contribution in [3.05, 3.63) is 45.1 Å². The first-order valence-electron chi connectivity index (χ1n) is 4.05. The molecular weight excluding hydrogens is 237 g/mol. The third kappa shape index (κ3) is 2.16. The molecule has 0 saturated carbocycles. The molecule has 76 valence electrons. The maximum atomic E-state index is 11.4. The lowest BCUT2D eigenvalue weighted by Crippen LogP contribution is -2.09. The third-order valence-electron chi connectivity index (χ3n) is 1.72. The van der Waals surface area contributed by atoms with Crippen LogP contribution in [0.5, 0.6) is 0 Å². The Morgan fingerprint density at radius 3 is 2.47 bits per heavy atom. The van der Waals surface area contributed by atoms with Gasteiger partial charge in [0.15, 0.2) is 5.82 Å². The van der Waals surface area contributed by atoms with Crippen LogP contribution in [0.25, 0.3) is 11.4 Å². The summed E-state index contributed by atoms with van der Waals surface area (Å²) in [5.74, 6) is 0.217. The number of aromatic nitrogens is 3. The highest BCUT2D eigenvalue weighted by molar-refractivity contribution is 6.33. The van der Waals surface area contributed by atoms with E-state index in [1.165, 1.54) is 12.3 Å². The van der Waals surface area contributed by atoms with E-state index in [1.54, 1.807) is 12.1 Å². The van der Waals surface area contributed by atoms with Crippen LogP contribution in [0.2, 0.25) is 10.3 Å². The molecule has 15 heavy (non-hydrogen) atoms. The molecule has 2 heterocycles. The summed E-state index contributed by atoms with van der Waals surface area (Å²) in [6.45, 7) is 0. The maximum Gasteiger partial charge on any atom is 0.259 e. The second-order valence-corrected chi connectivity index (χ2v) is 3.52. The molecule has 0 radical (unpaired) electrons. The lowest BCUT2D eigenvalue weighted by atomic mass is 10.2. The highest BCUT2D eigenvalue weighted by Crippen LogP contribution is 2.17. The number of nitrogens with one attached hydrogen (secondary N) is 1. The summed E-state index contributed by atoms with van der Waals surface area (Å²) in [6, 6.07) is 4.68. The summed E-state index contributed by atoms with van der Waals surface area (Å²) in [5, 5.41) is 0.404. The molecule has 0 bridgehead atoms. The minimum Gasteiger partial charge on any atom is -0.328 e. The van der Waals surface area contributed by atoms with Crippen molar-refractivity contribution in [2.75, 3.05) is 0 Å². The third-order valence-corrected chi connectivity index (χ3v) is 2.11. The second kappa shape index (κ2) is 4.00. The summed E-state index contributed by atoms with van der Waals surface area (Å²) < 4.78 is 0. The molecule has 0 atom stereocenters. The van der Waals surface area contributed by atoms with Gasteiger partial charge in [-0.05, 0) is 12.1 Å². The van der Waals surface area contributed by atoms with Crippen molar-refractivity contribution >= 4 is 23.2 Å². The van der Waals surface area contributed by atoms with Crippen molar-refractivity contribution < 1.29 is 0 Å². The molecule has 2 aromatic heterocycles. The molecule has 0 aromatic carbocycles. The van der Waals surface area contributed by atoms with Gasteiger partial charge >= 0.3 is 0 Å². The highest BCUT2D eigenvalue weighted by atomic mass is 35.5. The average Bonchev–Trinajstić information content (AvgIpc) is 2.16. The van der Waals surface area contributed by atoms with Gasteiger partial charge in [-0.2, -0.15) is 0 Å². The minimum absolute atomic E-state index is 0.202. The van der Waals surface area contributed by atoms with E-state index in [4.69, 9.17) is 23.2 Å². The largest absolute Gasteiger partial charge is 0.328 e. The first-order valence-corrected chi connectivity index (χ1v) is 4.80. The zero-order chi connectivity index (χ0) is 10.8. The molecular formula is C9H5Cl2N3O. The predicted molar refractivity (Wildman–Crippen MR) is 58.1 cm³/mol. The molecule has 6 heteroatoms. The van der Waals surface area contributed by atoms with Gasteiger partial charge in [0.05, 0.1) is 5.56 Å². The molecule has 0 aliphatic heterocycles. The van der Waals surface area contributed by atoms with E-state index in [9.17, 15) is 4.79 Å². The van der Waals surface area contributed by atoms with Crippen LogP contribution in [0.15, 0.2) is 29.2 Å². The van der Waals surface area contributed by atoms with Crippen LogP contribution in [-0.2, 0) is 0 Å². The lowest BCUT2D eigenvalue weighted by Gasteiger charge is -1.99. The summed E-state index contributed by atoms with van der Waals surface area (Å²) in [4.78, 5) is 21.8. The van der Waals surface area contributed by atoms with Crippen LogP contribution >= 0.6 is 23.2 Å². The van der Waals surface area contributed by atoms with Gasteiger partial charge in [0.1, 0.15) is 10.3 Å². The SMILES string of the molecule is O=c1[nH]cccc1-c1nc(Cl)cc(Cl)n1. The minimum atomic E-state index is -0.282. The number of aromatic amines is 1. The molecule has 0 fully saturated rings. The number of hydrogen-bond donors (Lipinski definition) is 1. The summed E-state index contributed by atoms with van der Waals surface area (Å²) in [7, 11) is 0. The smallest absolute Gasteiger partial charge is 0.259 e. The van der Waals surface area contributed by atoms with Gasteiger partial charge in [0.2, 0.25) is 0 Å². The normalized spacial score (nSPS) is 10.3. The van der Waals surface area contributed by atoms with Crippen LogP contribution in [-0.4, -0.2) is 15.0 Å². The molecule has 4 nitrogen and oxygen atoms in total. The van der Waals surface area contributed by atoms with Crippen molar-refractivity contribution in [2.45, 2.75) is 0 Å². The van der Waals surface area contributed by atoms with E-state index in [0.717, 1.165) is 0 Å². The van der Waals surface area contributed by atoms with Crippen LogP contribution in [0.1, 0.15) is 0 Å². The van der Waals surface area contributed by atoms with Gasteiger partial charge < -0.3 is 4.98 Å². The number of nitrogens with zero attached hydrogens (tertiary/aromatic N) is 2. The Bertz CT molecular complexity index is 533. The first-order chi connectivity index (χ1) is 7.16. The predicted octanol–water partition coefficient (Wildman–Crippen LogP) is 2.14. The first kappa shape index (κ1) is 10.1. The Morgan fingerprint density at radius 2 is 1.87 bits per heavy atom. The molecule has 0 spiro atoms. The van der Waals surface area contributed by atoms with E-state index in [0.29, 0.717) is 5.56 Å². The Hall–Kier alpha value is -1.39. The standard InChI is InChI=1S/C9H5Cl2N3O/c10-6-4-7(11)14-8(13-6)5-2-1-3-12-9(5)15/h1-4H,(H,12,15). The fourth-order valence-electron chi connectivity index (χ4n) is 1.11. The number of halogens is 2. The molecule has 0 saturated heterocycles. The Labute approximate surface area is 94.9 Å². The second-order valence-electron chi connectivity index (χ2n) is 2.75. The Kier molecular flexibility index (Phi) is 2.70. The van der Waals surface area contributed by atoms with Crippen LogP contribution in [0, 0.1) is 0 Å². The Morgan fingerprint density at radius 1 is 1.20 bits per heavy atom. The monoisotopic (exact) mass is 241 g/mol. The molecule has 1 N–H and O–H groups in total. The zero-order valence-corrected chi connectivity index (χ0v) is 8.88. The number of pyridine rings is 1. The van der Waals surface area contributed by atoms with E-state index in [1.807, 2.05) is 0 Å². The van der Waals surface area contributed by atoms with Gasteiger partial charge in [-0.15, -0.1) is 0 Å². The zero-order valence-electron chi connectivity index (χ0n) is 7.37. The van der Waals surface area contributed by atoms with Gasteiger partial charge in [-0.1, -0.05) is 23.2 Å². The molecule has 2 rings (SSSR count). The van der Waals surface area contributed by atoms with E-state index in [-0.39, 0.29) is 21.7 Å². The topological polar surface area (TPSA) is 58.6 Å². The quantitative estimate of drug-likeness (QED) is 0.779. The number of H-pyrrole nitrogens is 1. The fourth-order valence-corrected chi connectivity index (χ4v) is 1.53. The Balaban J connectivity index is 2.64. The van der Waals surface area contributed by atoms with Gasteiger partial charge in [-0.25, -0.2) is 9.97 Å². The molecule has 0 aliphatic rings. The van der Waals surface area contributed by atoms with Crippen molar-refractivity contribution in [3.8, 4) is 11.4 Å².